The fourth-order valence-electron chi connectivity index (χ4n) is 3.09. The molecule has 1 saturated carbocycles. The van der Waals surface area contributed by atoms with Crippen molar-refractivity contribution in [3.8, 4) is 0 Å². The van der Waals surface area contributed by atoms with Crippen molar-refractivity contribution in [1.29, 1.82) is 0 Å². The van der Waals surface area contributed by atoms with Gasteiger partial charge in [0.25, 0.3) is 0 Å². The SMILES string of the molecule is CN=C(NCc1ncc(C)s1)NCC1(CCOC)CCCC1. The Morgan fingerprint density at radius 1 is 1.41 bits per heavy atom. The summed E-state index contributed by atoms with van der Waals surface area (Å²) in [7, 11) is 3.60. The molecule has 0 bridgehead atoms. The van der Waals surface area contributed by atoms with Gasteiger partial charge in [0.15, 0.2) is 5.96 Å². The summed E-state index contributed by atoms with van der Waals surface area (Å²) >= 11 is 1.72. The Kier molecular flexibility index (Phi) is 6.64. The van der Waals surface area contributed by atoms with Gasteiger partial charge in [-0.15, -0.1) is 11.3 Å². The van der Waals surface area contributed by atoms with Gasteiger partial charge < -0.3 is 15.4 Å². The minimum atomic E-state index is 0.366. The maximum absolute atomic E-state index is 5.29. The van der Waals surface area contributed by atoms with Crippen LogP contribution in [0.2, 0.25) is 0 Å². The summed E-state index contributed by atoms with van der Waals surface area (Å²) in [5.74, 6) is 0.858. The Balaban J connectivity index is 1.81. The topological polar surface area (TPSA) is 58.5 Å². The van der Waals surface area contributed by atoms with Crippen LogP contribution in [0.1, 0.15) is 42.0 Å². The molecule has 1 aromatic rings. The van der Waals surface area contributed by atoms with E-state index >= 15 is 0 Å². The van der Waals surface area contributed by atoms with Gasteiger partial charge in [0.1, 0.15) is 5.01 Å². The molecule has 1 aliphatic rings. The molecule has 0 unspecified atom stereocenters. The molecule has 2 rings (SSSR count). The molecular weight excluding hydrogens is 296 g/mol. The number of aryl methyl sites for hydroxylation is 1. The van der Waals surface area contributed by atoms with Crippen molar-refractivity contribution >= 4 is 17.3 Å². The van der Waals surface area contributed by atoms with E-state index in [1.807, 2.05) is 13.2 Å². The summed E-state index contributed by atoms with van der Waals surface area (Å²) < 4.78 is 5.29. The maximum Gasteiger partial charge on any atom is 0.191 e. The molecular formula is C16H28N4OS. The number of hydrogen-bond acceptors (Lipinski definition) is 4. The minimum absolute atomic E-state index is 0.366. The zero-order chi connectivity index (χ0) is 15.8. The molecule has 0 aromatic carbocycles. The Morgan fingerprint density at radius 2 is 2.18 bits per heavy atom. The first kappa shape index (κ1) is 17.2. The van der Waals surface area contributed by atoms with Crippen molar-refractivity contribution in [3.63, 3.8) is 0 Å². The fourth-order valence-corrected chi connectivity index (χ4v) is 3.82. The predicted octanol–water partition coefficient (Wildman–Crippen LogP) is 2.71. The molecule has 6 heteroatoms. The van der Waals surface area contributed by atoms with Crippen LogP contribution in [0.15, 0.2) is 11.2 Å². The molecule has 1 heterocycles. The van der Waals surface area contributed by atoms with Gasteiger partial charge in [-0.2, -0.15) is 0 Å². The zero-order valence-electron chi connectivity index (χ0n) is 13.9. The first-order valence-electron chi connectivity index (χ1n) is 8.02. The van der Waals surface area contributed by atoms with Crippen LogP contribution in [0.25, 0.3) is 0 Å². The Labute approximate surface area is 137 Å². The van der Waals surface area contributed by atoms with E-state index in [9.17, 15) is 0 Å². The predicted molar refractivity (Wildman–Crippen MR) is 92.4 cm³/mol. The summed E-state index contributed by atoms with van der Waals surface area (Å²) in [6.07, 6.45) is 8.26. The second-order valence-electron chi connectivity index (χ2n) is 6.09. The number of aromatic nitrogens is 1. The van der Waals surface area contributed by atoms with Crippen LogP contribution < -0.4 is 10.6 Å². The summed E-state index contributed by atoms with van der Waals surface area (Å²) in [6, 6.07) is 0. The van der Waals surface area contributed by atoms with Crippen molar-refractivity contribution < 1.29 is 4.74 Å². The number of aliphatic imine (C=N–C) groups is 1. The Hall–Kier alpha value is -1.14. The largest absolute Gasteiger partial charge is 0.385 e. The number of methoxy groups -OCH3 is 1. The number of nitrogens with zero attached hydrogens (tertiary/aromatic N) is 2. The number of thiazole rings is 1. The van der Waals surface area contributed by atoms with Crippen LogP contribution in [-0.2, 0) is 11.3 Å². The molecule has 5 nitrogen and oxygen atoms in total. The van der Waals surface area contributed by atoms with Gasteiger partial charge in [-0.05, 0) is 31.6 Å². The lowest BCUT2D eigenvalue weighted by atomic mass is 9.83. The summed E-state index contributed by atoms with van der Waals surface area (Å²) in [5.41, 5.74) is 0.366. The molecule has 0 amide bonds. The summed E-state index contributed by atoms with van der Waals surface area (Å²) in [4.78, 5) is 9.93. The van der Waals surface area contributed by atoms with Crippen molar-refractivity contribution in [2.75, 3.05) is 27.3 Å². The van der Waals surface area contributed by atoms with Gasteiger partial charge in [-0.1, -0.05) is 12.8 Å². The van der Waals surface area contributed by atoms with Crippen LogP contribution in [0.3, 0.4) is 0 Å². The average molecular weight is 324 g/mol. The number of rotatable bonds is 7. The van der Waals surface area contributed by atoms with Gasteiger partial charge in [0.05, 0.1) is 6.54 Å². The highest BCUT2D eigenvalue weighted by atomic mass is 32.1. The smallest absolute Gasteiger partial charge is 0.191 e. The highest BCUT2D eigenvalue weighted by Crippen LogP contribution is 2.40. The second-order valence-corrected chi connectivity index (χ2v) is 7.41. The lowest BCUT2D eigenvalue weighted by Crippen LogP contribution is -2.43. The van der Waals surface area contributed by atoms with Crippen LogP contribution in [0.4, 0.5) is 0 Å². The molecule has 0 atom stereocenters. The van der Waals surface area contributed by atoms with E-state index < -0.39 is 0 Å². The van der Waals surface area contributed by atoms with Crippen LogP contribution >= 0.6 is 11.3 Å². The summed E-state index contributed by atoms with van der Waals surface area (Å²) in [6.45, 7) is 4.61. The molecule has 2 N–H and O–H groups in total. The van der Waals surface area contributed by atoms with E-state index in [-0.39, 0.29) is 0 Å². The third kappa shape index (κ3) is 4.95. The molecule has 0 spiro atoms. The molecule has 1 fully saturated rings. The molecule has 0 saturated heterocycles. The van der Waals surface area contributed by atoms with Gasteiger partial charge >= 0.3 is 0 Å². The van der Waals surface area contributed by atoms with E-state index in [4.69, 9.17) is 4.74 Å². The summed E-state index contributed by atoms with van der Waals surface area (Å²) in [5, 5.41) is 7.94. The molecule has 0 aliphatic heterocycles. The van der Waals surface area contributed by atoms with Crippen molar-refractivity contribution in [2.24, 2.45) is 10.4 Å². The van der Waals surface area contributed by atoms with E-state index in [1.54, 1.807) is 18.4 Å². The van der Waals surface area contributed by atoms with Crippen molar-refractivity contribution in [3.05, 3.63) is 16.1 Å². The minimum Gasteiger partial charge on any atom is -0.385 e. The lowest BCUT2D eigenvalue weighted by Gasteiger charge is -2.29. The van der Waals surface area contributed by atoms with Crippen LogP contribution in [-0.4, -0.2) is 38.3 Å². The highest BCUT2D eigenvalue weighted by Gasteiger charge is 2.33. The Morgan fingerprint density at radius 3 is 2.77 bits per heavy atom. The van der Waals surface area contributed by atoms with Crippen molar-refractivity contribution in [2.45, 2.75) is 45.6 Å². The third-order valence-corrected chi connectivity index (χ3v) is 5.34. The van der Waals surface area contributed by atoms with E-state index in [0.29, 0.717) is 5.41 Å². The third-order valence-electron chi connectivity index (χ3n) is 4.43. The molecule has 0 radical (unpaired) electrons. The molecule has 22 heavy (non-hydrogen) atoms. The highest BCUT2D eigenvalue weighted by molar-refractivity contribution is 7.11. The van der Waals surface area contributed by atoms with Crippen LogP contribution in [0, 0.1) is 12.3 Å². The average Bonchev–Trinajstić information content (AvgIpc) is 3.15. The Bertz CT molecular complexity index is 480. The molecule has 1 aliphatic carbocycles. The molecule has 124 valence electrons. The second kappa shape index (κ2) is 8.48. The van der Waals surface area contributed by atoms with Gasteiger partial charge in [0.2, 0.25) is 0 Å². The van der Waals surface area contributed by atoms with Gasteiger partial charge in [0, 0.05) is 38.4 Å². The van der Waals surface area contributed by atoms with E-state index in [1.165, 1.54) is 30.6 Å². The van der Waals surface area contributed by atoms with Crippen LogP contribution in [0.5, 0.6) is 0 Å². The van der Waals surface area contributed by atoms with Crippen molar-refractivity contribution in [1.82, 2.24) is 15.6 Å². The first-order valence-corrected chi connectivity index (χ1v) is 8.84. The van der Waals surface area contributed by atoms with E-state index in [0.717, 1.165) is 37.1 Å². The molecule has 1 aromatic heterocycles. The number of hydrogen-bond donors (Lipinski definition) is 2. The fraction of sp³-hybridized carbons (Fsp3) is 0.750. The zero-order valence-corrected chi connectivity index (χ0v) is 14.8. The maximum atomic E-state index is 5.29. The number of nitrogens with one attached hydrogen (secondary N) is 2. The quantitative estimate of drug-likeness (QED) is 0.598. The normalized spacial score (nSPS) is 17.7. The lowest BCUT2D eigenvalue weighted by molar-refractivity contribution is 0.138. The first-order chi connectivity index (χ1) is 10.7. The monoisotopic (exact) mass is 324 g/mol. The van der Waals surface area contributed by atoms with Gasteiger partial charge in [-0.25, -0.2) is 4.98 Å². The number of ether oxygens (including phenoxy) is 1. The van der Waals surface area contributed by atoms with E-state index in [2.05, 4.69) is 27.5 Å². The number of guanidine groups is 1. The standard InChI is InChI=1S/C16H28N4OS/c1-13-10-18-14(22-13)11-19-15(17-2)20-12-16(8-9-21-3)6-4-5-7-16/h10H,4-9,11-12H2,1-3H3,(H2,17,19,20). The van der Waals surface area contributed by atoms with Gasteiger partial charge in [-0.3, -0.25) is 4.99 Å².